The Labute approximate surface area is 165 Å². The summed E-state index contributed by atoms with van der Waals surface area (Å²) in [5, 5.41) is 0. The lowest BCUT2D eigenvalue weighted by Crippen LogP contribution is -2.21. The minimum atomic E-state index is -4.26. The van der Waals surface area contributed by atoms with Crippen LogP contribution in [0, 0.1) is 3.57 Å². The number of rotatable bonds is 9. The molecule has 0 saturated heterocycles. The highest BCUT2D eigenvalue weighted by Gasteiger charge is 2.40. The van der Waals surface area contributed by atoms with Gasteiger partial charge in [0.2, 0.25) is 0 Å². The van der Waals surface area contributed by atoms with Crippen LogP contribution >= 0.6 is 22.6 Å². The highest BCUT2D eigenvalue weighted by Crippen LogP contribution is 2.39. The Balaban J connectivity index is 1.79. The fraction of sp³-hybridized carbons (Fsp3) is 0.400. The Hall–Kier alpha value is -1.44. The largest absolute Gasteiger partial charge is 0.497 e. The minimum absolute atomic E-state index is 0.0696. The van der Waals surface area contributed by atoms with Gasteiger partial charge < -0.3 is 9.47 Å². The normalized spacial score (nSPS) is 12.7. The van der Waals surface area contributed by atoms with Gasteiger partial charge in [0.05, 0.1) is 19.6 Å². The summed E-state index contributed by atoms with van der Waals surface area (Å²) in [5.41, 5.74) is 0.256. The molecule has 0 unspecified atom stereocenters. The summed E-state index contributed by atoms with van der Waals surface area (Å²) in [6.45, 7) is 0.510. The van der Waals surface area contributed by atoms with Crippen molar-refractivity contribution in [1.29, 1.82) is 0 Å². The zero-order valence-electron chi connectivity index (χ0n) is 14.6. The molecule has 26 heavy (non-hydrogen) atoms. The monoisotopic (exact) mass is 478 g/mol. The number of ether oxygens (including phenoxy) is 2. The van der Waals surface area contributed by atoms with Crippen LogP contribution in [0.15, 0.2) is 48.5 Å². The van der Waals surface area contributed by atoms with E-state index in [1.807, 2.05) is 24.3 Å². The molecule has 0 heterocycles. The number of hydrogen-bond acceptors (Lipinski definition) is 2. The fourth-order valence-corrected chi connectivity index (χ4v) is 3.09. The Morgan fingerprint density at radius 1 is 0.962 bits per heavy atom. The number of methoxy groups -OCH3 is 1. The lowest BCUT2D eigenvalue weighted by molar-refractivity contribution is -0.152. The van der Waals surface area contributed by atoms with E-state index in [0.29, 0.717) is 25.2 Å². The van der Waals surface area contributed by atoms with Crippen LogP contribution in [-0.4, -0.2) is 19.9 Å². The summed E-state index contributed by atoms with van der Waals surface area (Å²) >= 11 is 2.22. The summed E-state index contributed by atoms with van der Waals surface area (Å²) < 4.78 is 52.0. The van der Waals surface area contributed by atoms with Gasteiger partial charge in [-0.3, -0.25) is 0 Å². The van der Waals surface area contributed by atoms with Crippen LogP contribution in [0.2, 0.25) is 0 Å². The summed E-state index contributed by atoms with van der Waals surface area (Å²) in [7, 11) is 1.45. The first-order valence-electron chi connectivity index (χ1n) is 8.49. The molecule has 0 N–H and O–H groups in total. The van der Waals surface area contributed by atoms with Gasteiger partial charge in [-0.15, -0.1) is 0 Å². The zero-order valence-corrected chi connectivity index (χ0v) is 16.7. The van der Waals surface area contributed by atoms with Crippen LogP contribution in [0.3, 0.4) is 0 Å². The summed E-state index contributed by atoms with van der Waals surface area (Å²) in [5.74, 6) is -0.229. The van der Waals surface area contributed by atoms with Gasteiger partial charge in [0.25, 0.3) is 0 Å². The Morgan fingerprint density at radius 3 is 2.35 bits per heavy atom. The summed E-state index contributed by atoms with van der Waals surface area (Å²) in [6.07, 6.45) is -2.27. The van der Waals surface area contributed by atoms with Crippen LogP contribution in [0.25, 0.3) is 0 Å². The van der Waals surface area contributed by atoms with Crippen molar-refractivity contribution in [3.63, 3.8) is 0 Å². The number of halogens is 4. The molecule has 0 saturated carbocycles. The first kappa shape index (κ1) is 20.9. The molecule has 6 heteroatoms. The second-order valence-electron chi connectivity index (χ2n) is 6.02. The van der Waals surface area contributed by atoms with Crippen LogP contribution < -0.4 is 9.47 Å². The molecule has 0 aromatic heterocycles. The van der Waals surface area contributed by atoms with E-state index < -0.39 is 12.1 Å². The molecular formula is C20H22F3IO2. The van der Waals surface area contributed by atoms with Crippen molar-refractivity contribution in [2.75, 3.05) is 13.7 Å². The number of unbranched alkanes of at least 4 members (excludes halogenated alkanes) is 2. The quantitative estimate of drug-likeness (QED) is 0.299. The molecule has 0 aliphatic heterocycles. The first-order chi connectivity index (χ1) is 12.4. The fourth-order valence-electron chi connectivity index (χ4n) is 2.73. The molecule has 0 aliphatic rings. The minimum Gasteiger partial charge on any atom is -0.497 e. The van der Waals surface area contributed by atoms with Gasteiger partial charge in [0.1, 0.15) is 11.5 Å². The maximum absolute atomic E-state index is 13.4. The molecule has 0 aliphatic carbocycles. The molecule has 0 fully saturated rings. The molecule has 0 spiro atoms. The average Bonchev–Trinajstić information content (AvgIpc) is 2.61. The molecule has 0 radical (unpaired) electrons. The van der Waals surface area contributed by atoms with E-state index >= 15 is 0 Å². The molecule has 142 valence electrons. The lowest BCUT2D eigenvalue weighted by atomic mass is 9.92. The van der Waals surface area contributed by atoms with E-state index in [1.165, 1.54) is 19.2 Å². The molecule has 2 aromatic rings. The summed E-state index contributed by atoms with van der Waals surface area (Å²) in [4.78, 5) is 0. The van der Waals surface area contributed by atoms with Gasteiger partial charge in [0.15, 0.2) is 0 Å². The highest BCUT2D eigenvalue weighted by molar-refractivity contribution is 14.1. The van der Waals surface area contributed by atoms with Crippen LogP contribution in [0.1, 0.15) is 37.2 Å². The number of hydrogen-bond donors (Lipinski definition) is 0. The maximum atomic E-state index is 13.4. The van der Waals surface area contributed by atoms with Gasteiger partial charge in [-0.25, -0.2) is 0 Å². The van der Waals surface area contributed by atoms with Gasteiger partial charge in [0, 0.05) is 3.57 Å². The van der Waals surface area contributed by atoms with Gasteiger partial charge in [-0.2, -0.15) is 13.2 Å². The third kappa shape index (κ3) is 6.70. The highest BCUT2D eigenvalue weighted by atomic mass is 127. The van der Waals surface area contributed by atoms with Crippen molar-refractivity contribution in [3.05, 3.63) is 57.7 Å². The predicted molar refractivity (Wildman–Crippen MR) is 105 cm³/mol. The molecule has 0 amide bonds. The number of alkyl halides is 3. The van der Waals surface area contributed by atoms with Crippen LogP contribution in [-0.2, 0) is 0 Å². The van der Waals surface area contributed by atoms with Gasteiger partial charge in [-0.05, 0) is 77.4 Å². The van der Waals surface area contributed by atoms with Crippen LogP contribution in [0.5, 0.6) is 11.5 Å². The average molecular weight is 478 g/mol. The van der Waals surface area contributed by atoms with E-state index in [-0.39, 0.29) is 12.0 Å². The van der Waals surface area contributed by atoms with Crippen molar-refractivity contribution < 1.29 is 22.6 Å². The zero-order chi connectivity index (χ0) is 19.0. The SMILES string of the molecule is COc1cccc([C@@H](CCCCCOc2ccc(I)cc2)C(F)(F)F)c1. The lowest BCUT2D eigenvalue weighted by Gasteiger charge is -2.21. The van der Waals surface area contributed by atoms with E-state index in [2.05, 4.69) is 22.6 Å². The molecule has 2 aromatic carbocycles. The smallest absolute Gasteiger partial charge is 0.395 e. The third-order valence-electron chi connectivity index (χ3n) is 4.11. The predicted octanol–water partition coefficient (Wildman–Crippen LogP) is 6.59. The van der Waals surface area contributed by atoms with E-state index in [1.54, 1.807) is 12.1 Å². The molecule has 2 nitrogen and oxygen atoms in total. The Morgan fingerprint density at radius 2 is 1.69 bits per heavy atom. The van der Waals surface area contributed by atoms with Crippen molar-refractivity contribution in [1.82, 2.24) is 0 Å². The standard InChI is InChI=1S/C20H22F3IO2/c1-25-18-7-5-6-15(14-18)19(20(21,22)23)8-3-2-4-13-26-17-11-9-16(24)10-12-17/h5-7,9-12,14,19H,2-4,8,13H2,1H3/t19-/m1/s1. The van der Waals surface area contributed by atoms with E-state index in [9.17, 15) is 13.2 Å². The maximum Gasteiger partial charge on any atom is 0.395 e. The van der Waals surface area contributed by atoms with Gasteiger partial charge >= 0.3 is 6.18 Å². The molecule has 1 atom stereocenters. The Kier molecular flexibility index (Phi) is 8.06. The second kappa shape index (κ2) is 10.0. The topological polar surface area (TPSA) is 18.5 Å². The summed E-state index contributed by atoms with van der Waals surface area (Å²) in [6, 6.07) is 13.9. The Bertz CT molecular complexity index is 672. The van der Waals surface area contributed by atoms with Crippen molar-refractivity contribution in [2.24, 2.45) is 0 Å². The van der Waals surface area contributed by atoms with Gasteiger partial charge in [-0.1, -0.05) is 25.0 Å². The van der Waals surface area contributed by atoms with E-state index in [4.69, 9.17) is 9.47 Å². The molecule has 0 bridgehead atoms. The van der Waals surface area contributed by atoms with Crippen molar-refractivity contribution in [2.45, 2.75) is 37.8 Å². The second-order valence-corrected chi connectivity index (χ2v) is 7.27. The van der Waals surface area contributed by atoms with E-state index in [0.717, 1.165) is 15.7 Å². The molecule has 2 rings (SSSR count). The third-order valence-corrected chi connectivity index (χ3v) is 4.83. The van der Waals surface area contributed by atoms with Crippen molar-refractivity contribution in [3.8, 4) is 11.5 Å². The van der Waals surface area contributed by atoms with Crippen LogP contribution in [0.4, 0.5) is 13.2 Å². The molecular weight excluding hydrogens is 456 g/mol. The number of benzene rings is 2. The van der Waals surface area contributed by atoms with Crippen molar-refractivity contribution >= 4 is 22.6 Å². The first-order valence-corrected chi connectivity index (χ1v) is 9.57.